The maximum absolute atomic E-state index is 11.0. The second-order valence-corrected chi connectivity index (χ2v) is 5.83. The summed E-state index contributed by atoms with van der Waals surface area (Å²) < 4.78 is 0. The average molecular weight is 276 g/mol. The van der Waals surface area contributed by atoms with Gasteiger partial charge in [-0.15, -0.1) is 0 Å². The summed E-state index contributed by atoms with van der Waals surface area (Å²) in [6.07, 6.45) is 3.59. The largest absolute Gasteiger partial charge is 0.398 e. The Hall–Kier alpha value is -1.82. The van der Waals surface area contributed by atoms with Crippen LogP contribution in [0.15, 0.2) is 18.2 Å². The lowest BCUT2D eigenvalue weighted by Gasteiger charge is -2.27. The molecule has 0 saturated carbocycles. The minimum absolute atomic E-state index is 0.0720. The van der Waals surface area contributed by atoms with E-state index in [1.165, 1.54) is 18.9 Å². The molecule has 2 N–H and O–H groups in total. The highest BCUT2D eigenvalue weighted by Gasteiger charge is 2.34. The van der Waals surface area contributed by atoms with Crippen molar-refractivity contribution in [3.63, 3.8) is 0 Å². The number of rotatable bonds is 2. The Balaban J connectivity index is 1.87. The first-order chi connectivity index (χ1) is 9.54. The summed E-state index contributed by atoms with van der Waals surface area (Å²) in [6, 6.07) is 6.09. The molecule has 20 heavy (non-hydrogen) atoms. The van der Waals surface area contributed by atoms with Crippen LogP contribution in [0, 0.1) is 10.1 Å². The number of nitro groups is 1. The third-order valence-corrected chi connectivity index (χ3v) is 4.65. The number of likely N-dealkylation sites (N-methyl/N-ethyl adjacent to an activating group) is 1. The minimum atomic E-state index is -0.379. The molecule has 0 radical (unpaired) electrons. The van der Waals surface area contributed by atoms with E-state index in [0.29, 0.717) is 17.8 Å². The van der Waals surface area contributed by atoms with Crippen molar-refractivity contribution in [3.8, 4) is 0 Å². The van der Waals surface area contributed by atoms with Crippen LogP contribution in [-0.2, 0) is 0 Å². The Kier molecular flexibility index (Phi) is 3.25. The van der Waals surface area contributed by atoms with Gasteiger partial charge in [-0.3, -0.25) is 15.0 Å². The van der Waals surface area contributed by atoms with Crippen molar-refractivity contribution >= 4 is 17.1 Å². The monoisotopic (exact) mass is 276 g/mol. The van der Waals surface area contributed by atoms with E-state index < -0.39 is 0 Å². The number of hydrogen-bond acceptors (Lipinski definition) is 5. The van der Waals surface area contributed by atoms with E-state index >= 15 is 0 Å². The van der Waals surface area contributed by atoms with Gasteiger partial charge >= 0.3 is 0 Å². The fraction of sp³-hybridized carbons (Fsp3) is 0.571. The fourth-order valence-corrected chi connectivity index (χ4v) is 3.45. The van der Waals surface area contributed by atoms with Gasteiger partial charge in [0.15, 0.2) is 0 Å². The number of anilines is 2. The van der Waals surface area contributed by atoms with Gasteiger partial charge in [-0.25, -0.2) is 0 Å². The van der Waals surface area contributed by atoms with Crippen LogP contribution in [0.25, 0.3) is 0 Å². The highest BCUT2D eigenvalue weighted by molar-refractivity contribution is 5.63. The molecule has 3 rings (SSSR count). The number of nitrogens with two attached hydrogens (primary N) is 1. The Morgan fingerprint density at radius 3 is 2.75 bits per heavy atom. The molecular formula is C14H20N4O2. The van der Waals surface area contributed by atoms with E-state index in [-0.39, 0.29) is 10.6 Å². The fourth-order valence-electron chi connectivity index (χ4n) is 3.45. The number of nitrogens with zero attached hydrogens (tertiary/aromatic N) is 3. The van der Waals surface area contributed by atoms with Gasteiger partial charge in [0, 0.05) is 48.7 Å². The lowest BCUT2D eigenvalue weighted by molar-refractivity contribution is -0.384. The molecule has 0 spiro atoms. The highest BCUT2D eigenvalue weighted by atomic mass is 16.6. The van der Waals surface area contributed by atoms with Crippen molar-refractivity contribution in [2.45, 2.75) is 31.3 Å². The number of benzene rings is 1. The van der Waals surface area contributed by atoms with Crippen LogP contribution >= 0.6 is 0 Å². The van der Waals surface area contributed by atoms with Crippen LogP contribution in [0.5, 0.6) is 0 Å². The van der Waals surface area contributed by atoms with Gasteiger partial charge in [0.05, 0.1) is 4.92 Å². The highest BCUT2D eigenvalue weighted by Crippen LogP contribution is 2.32. The molecule has 2 bridgehead atoms. The first kappa shape index (κ1) is 13.2. The third kappa shape index (κ3) is 2.31. The van der Waals surface area contributed by atoms with Gasteiger partial charge in [-0.2, -0.15) is 0 Å². The minimum Gasteiger partial charge on any atom is -0.398 e. The maximum atomic E-state index is 11.0. The number of fused-ring (bicyclic) bond motifs is 2. The summed E-state index contributed by atoms with van der Waals surface area (Å²) >= 11 is 0. The third-order valence-electron chi connectivity index (χ3n) is 4.65. The van der Waals surface area contributed by atoms with E-state index in [1.54, 1.807) is 6.07 Å². The number of hydrogen-bond donors (Lipinski definition) is 1. The summed E-state index contributed by atoms with van der Waals surface area (Å²) in [7, 11) is 2.19. The number of non-ortho nitro benzene ring substituents is 1. The quantitative estimate of drug-likeness (QED) is 0.507. The second-order valence-electron chi connectivity index (χ2n) is 5.83. The van der Waals surface area contributed by atoms with Gasteiger partial charge < -0.3 is 10.6 Å². The predicted molar refractivity (Wildman–Crippen MR) is 78.9 cm³/mol. The molecule has 2 unspecified atom stereocenters. The summed E-state index contributed by atoms with van der Waals surface area (Å²) in [5.41, 5.74) is 7.20. The molecule has 2 fully saturated rings. The molecular weight excluding hydrogens is 256 g/mol. The Labute approximate surface area is 118 Å². The van der Waals surface area contributed by atoms with Gasteiger partial charge in [-0.05, 0) is 32.4 Å². The number of nitro benzene ring substituents is 1. The second kappa shape index (κ2) is 4.94. The SMILES string of the molecule is CN1C2CCC1CN(c1cc(N)cc([N+](=O)[O-])c1)CC2. The zero-order valence-electron chi connectivity index (χ0n) is 11.7. The smallest absolute Gasteiger partial charge is 0.273 e. The van der Waals surface area contributed by atoms with Gasteiger partial charge in [0.1, 0.15) is 0 Å². The summed E-state index contributed by atoms with van der Waals surface area (Å²) in [5.74, 6) is 0. The molecule has 0 aliphatic carbocycles. The van der Waals surface area contributed by atoms with E-state index in [9.17, 15) is 10.1 Å². The number of nitrogen functional groups attached to an aromatic ring is 1. The van der Waals surface area contributed by atoms with Gasteiger partial charge in [0.2, 0.25) is 0 Å². The van der Waals surface area contributed by atoms with E-state index in [1.807, 2.05) is 6.07 Å². The molecule has 108 valence electrons. The van der Waals surface area contributed by atoms with Crippen molar-refractivity contribution in [2.75, 3.05) is 30.8 Å². The molecule has 2 saturated heterocycles. The summed E-state index contributed by atoms with van der Waals surface area (Å²) in [6.45, 7) is 1.86. The first-order valence-electron chi connectivity index (χ1n) is 7.06. The van der Waals surface area contributed by atoms with Crippen molar-refractivity contribution < 1.29 is 4.92 Å². The lowest BCUT2D eigenvalue weighted by atomic mass is 10.1. The Bertz CT molecular complexity index is 534. The van der Waals surface area contributed by atoms with Gasteiger partial charge in [-0.1, -0.05) is 0 Å². The van der Waals surface area contributed by atoms with Crippen LogP contribution < -0.4 is 10.6 Å². The van der Waals surface area contributed by atoms with Crippen molar-refractivity contribution in [2.24, 2.45) is 0 Å². The molecule has 0 amide bonds. The summed E-state index contributed by atoms with van der Waals surface area (Å²) in [5, 5.41) is 11.0. The molecule has 2 aliphatic rings. The lowest BCUT2D eigenvalue weighted by Crippen LogP contribution is -2.36. The molecule has 2 heterocycles. The molecule has 2 atom stereocenters. The Morgan fingerprint density at radius 1 is 1.25 bits per heavy atom. The zero-order valence-corrected chi connectivity index (χ0v) is 11.7. The van der Waals surface area contributed by atoms with Crippen molar-refractivity contribution in [3.05, 3.63) is 28.3 Å². The summed E-state index contributed by atoms with van der Waals surface area (Å²) in [4.78, 5) is 15.3. The normalized spacial score (nSPS) is 26.6. The average Bonchev–Trinajstić information content (AvgIpc) is 2.62. The van der Waals surface area contributed by atoms with Crippen LogP contribution in [0.1, 0.15) is 19.3 Å². The molecule has 1 aromatic carbocycles. The topological polar surface area (TPSA) is 75.6 Å². The van der Waals surface area contributed by atoms with E-state index in [2.05, 4.69) is 16.8 Å². The first-order valence-corrected chi connectivity index (χ1v) is 7.06. The molecule has 0 aromatic heterocycles. The Morgan fingerprint density at radius 2 is 2.00 bits per heavy atom. The van der Waals surface area contributed by atoms with Crippen LogP contribution in [0.3, 0.4) is 0 Å². The van der Waals surface area contributed by atoms with E-state index in [4.69, 9.17) is 5.73 Å². The van der Waals surface area contributed by atoms with Crippen LogP contribution in [0.4, 0.5) is 17.1 Å². The maximum Gasteiger partial charge on any atom is 0.273 e. The van der Waals surface area contributed by atoms with Crippen molar-refractivity contribution in [1.82, 2.24) is 4.90 Å². The molecule has 2 aliphatic heterocycles. The molecule has 1 aromatic rings. The van der Waals surface area contributed by atoms with Gasteiger partial charge in [0.25, 0.3) is 5.69 Å². The molecule has 6 heteroatoms. The molecule has 6 nitrogen and oxygen atoms in total. The predicted octanol–water partition coefficient (Wildman–Crippen LogP) is 1.85. The van der Waals surface area contributed by atoms with E-state index in [0.717, 1.165) is 25.2 Å². The van der Waals surface area contributed by atoms with Crippen molar-refractivity contribution in [1.29, 1.82) is 0 Å². The standard InChI is InChI=1S/C14H20N4O2/c1-16-11-2-3-12(16)9-17(5-4-11)13-6-10(15)7-14(8-13)18(19)20/h6-8,11-12H,2-5,9,15H2,1H3. The van der Waals surface area contributed by atoms with Crippen LogP contribution in [-0.4, -0.2) is 42.0 Å². The zero-order chi connectivity index (χ0) is 14.3. The van der Waals surface area contributed by atoms with Crippen LogP contribution in [0.2, 0.25) is 0 Å².